The lowest BCUT2D eigenvalue weighted by atomic mass is 10.2. The number of hydrogen-bond acceptors (Lipinski definition) is 3. The molecular weight excluding hydrogens is 224 g/mol. The quantitative estimate of drug-likeness (QED) is 0.645. The average Bonchev–Trinajstić information content (AvgIpc) is 2.09. The van der Waals surface area contributed by atoms with Crippen LogP contribution >= 0.6 is 0 Å². The van der Waals surface area contributed by atoms with E-state index in [9.17, 15) is 4.79 Å². The van der Waals surface area contributed by atoms with Gasteiger partial charge in [0, 0.05) is 12.6 Å². The lowest BCUT2D eigenvalue weighted by Gasteiger charge is -2.36. The SMILES string of the molecule is CC(C)(C)[Si](C)(C)OCC(N)CNC(=O)O. The minimum absolute atomic E-state index is 0.146. The highest BCUT2D eigenvalue weighted by Crippen LogP contribution is 2.36. The number of rotatable bonds is 5. The molecule has 1 unspecified atom stereocenters. The summed E-state index contributed by atoms with van der Waals surface area (Å²) in [5, 5.41) is 10.8. The van der Waals surface area contributed by atoms with Crippen molar-refractivity contribution >= 4 is 14.4 Å². The molecule has 96 valence electrons. The molecule has 1 atom stereocenters. The minimum atomic E-state index is -1.78. The normalized spacial score (nSPS) is 14.6. The summed E-state index contributed by atoms with van der Waals surface area (Å²) in [5.74, 6) is 0. The van der Waals surface area contributed by atoms with Crippen molar-refractivity contribution in [2.24, 2.45) is 5.73 Å². The molecular formula is C10H24N2O3Si. The van der Waals surface area contributed by atoms with Crippen LogP contribution in [0.4, 0.5) is 4.79 Å². The second kappa shape index (κ2) is 5.65. The van der Waals surface area contributed by atoms with E-state index in [2.05, 4.69) is 39.2 Å². The van der Waals surface area contributed by atoms with Gasteiger partial charge < -0.3 is 20.6 Å². The molecule has 0 aromatic carbocycles. The van der Waals surface area contributed by atoms with Gasteiger partial charge in [-0.05, 0) is 18.1 Å². The van der Waals surface area contributed by atoms with Crippen LogP contribution in [0, 0.1) is 0 Å². The Balaban J connectivity index is 4.00. The van der Waals surface area contributed by atoms with Gasteiger partial charge in [0.15, 0.2) is 8.32 Å². The van der Waals surface area contributed by atoms with Gasteiger partial charge in [0.1, 0.15) is 0 Å². The Bertz CT molecular complexity index is 239. The number of nitrogens with two attached hydrogens (primary N) is 1. The molecule has 0 saturated carbocycles. The number of amides is 1. The molecule has 0 aliphatic rings. The maximum Gasteiger partial charge on any atom is 0.404 e. The van der Waals surface area contributed by atoms with Gasteiger partial charge in [-0.15, -0.1) is 0 Å². The summed E-state index contributed by atoms with van der Waals surface area (Å²) >= 11 is 0. The highest BCUT2D eigenvalue weighted by molar-refractivity contribution is 6.74. The van der Waals surface area contributed by atoms with Crippen LogP contribution in [0.1, 0.15) is 20.8 Å². The second-order valence-electron chi connectivity index (χ2n) is 5.52. The standard InChI is InChI=1S/C10H24N2O3Si/c1-10(2,3)16(4,5)15-7-8(11)6-12-9(13)14/h8,12H,6-7,11H2,1-5H3,(H,13,14). The molecule has 0 radical (unpaired) electrons. The van der Waals surface area contributed by atoms with Crippen molar-refractivity contribution in [3.63, 3.8) is 0 Å². The van der Waals surface area contributed by atoms with E-state index in [4.69, 9.17) is 15.3 Å². The van der Waals surface area contributed by atoms with Crippen molar-refractivity contribution in [2.45, 2.75) is 44.9 Å². The van der Waals surface area contributed by atoms with Gasteiger partial charge in [0.05, 0.1) is 6.61 Å². The summed E-state index contributed by atoms with van der Waals surface area (Å²) in [7, 11) is -1.78. The summed E-state index contributed by atoms with van der Waals surface area (Å²) in [4.78, 5) is 10.3. The van der Waals surface area contributed by atoms with Crippen LogP contribution in [0.5, 0.6) is 0 Å². The Kier molecular flexibility index (Phi) is 5.44. The summed E-state index contributed by atoms with van der Waals surface area (Å²) in [5.41, 5.74) is 5.74. The van der Waals surface area contributed by atoms with Crippen molar-refractivity contribution in [1.82, 2.24) is 5.32 Å². The van der Waals surface area contributed by atoms with E-state index in [1.807, 2.05) is 0 Å². The van der Waals surface area contributed by atoms with Crippen LogP contribution in [0.25, 0.3) is 0 Å². The molecule has 0 fully saturated rings. The van der Waals surface area contributed by atoms with Gasteiger partial charge in [0.2, 0.25) is 0 Å². The van der Waals surface area contributed by atoms with Crippen LogP contribution in [-0.2, 0) is 4.43 Å². The fraction of sp³-hybridized carbons (Fsp3) is 0.900. The predicted octanol–water partition coefficient (Wildman–Crippen LogP) is 1.60. The topological polar surface area (TPSA) is 84.6 Å². The molecule has 0 saturated heterocycles. The lowest BCUT2D eigenvalue weighted by molar-refractivity contribution is 0.191. The van der Waals surface area contributed by atoms with Crippen LogP contribution < -0.4 is 11.1 Å². The van der Waals surface area contributed by atoms with Crippen molar-refractivity contribution in [3.05, 3.63) is 0 Å². The summed E-state index contributed by atoms with van der Waals surface area (Å²) in [6.07, 6.45) is -1.05. The zero-order valence-electron chi connectivity index (χ0n) is 10.8. The van der Waals surface area contributed by atoms with Crippen LogP contribution in [0.2, 0.25) is 18.1 Å². The van der Waals surface area contributed by atoms with Crippen LogP contribution in [-0.4, -0.2) is 38.7 Å². The molecule has 0 heterocycles. The van der Waals surface area contributed by atoms with Crippen molar-refractivity contribution in [2.75, 3.05) is 13.2 Å². The van der Waals surface area contributed by atoms with Crippen molar-refractivity contribution < 1.29 is 14.3 Å². The van der Waals surface area contributed by atoms with Gasteiger partial charge >= 0.3 is 6.09 Å². The Labute approximate surface area is 98.5 Å². The highest BCUT2D eigenvalue weighted by atomic mass is 28.4. The maximum absolute atomic E-state index is 10.3. The fourth-order valence-corrected chi connectivity index (χ4v) is 1.87. The molecule has 5 nitrogen and oxygen atoms in total. The second-order valence-corrected chi connectivity index (χ2v) is 10.3. The predicted molar refractivity (Wildman–Crippen MR) is 67.2 cm³/mol. The molecule has 16 heavy (non-hydrogen) atoms. The maximum atomic E-state index is 10.3. The number of hydrogen-bond donors (Lipinski definition) is 3. The summed E-state index contributed by atoms with van der Waals surface area (Å²) < 4.78 is 5.87. The van der Waals surface area contributed by atoms with Crippen molar-refractivity contribution in [1.29, 1.82) is 0 Å². The molecule has 4 N–H and O–H groups in total. The van der Waals surface area contributed by atoms with Gasteiger partial charge in [-0.3, -0.25) is 0 Å². The first-order valence-corrected chi connectivity index (χ1v) is 8.33. The molecule has 0 aliphatic carbocycles. The monoisotopic (exact) mass is 248 g/mol. The Morgan fingerprint density at radius 1 is 1.50 bits per heavy atom. The van der Waals surface area contributed by atoms with Gasteiger partial charge in [-0.25, -0.2) is 4.79 Å². The molecule has 0 rings (SSSR count). The van der Waals surface area contributed by atoms with Crippen LogP contribution in [0.3, 0.4) is 0 Å². The Morgan fingerprint density at radius 3 is 2.38 bits per heavy atom. The number of carbonyl (C=O) groups is 1. The first-order valence-electron chi connectivity index (χ1n) is 5.42. The fourth-order valence-electron chi connectivity index (χ4n) is 0.809. The third-order valence-electron chi connectivity index (χ3n) is 2.98. The molecule has 0 aliphatic heterocycles. The average molecular weight is 248 g/mol. The summed E-state index contributed by atoms with van der Waals surface area (Å²) in [6.45, 7) is 11.4. The van der Waals surface area contributed by atoms with Crippen molar-refractivity contribution in [3.8, 4) is 0 Å². The first kappa shape index (κ1) is 15.4. The lowest BCUT2D eigenvalue weighted by Crippen LogP contribution is -2.46. The smallest absolute Gasteiger partial charge is 0.404 e. The Morgan fingerprint density at radius 2 is 2.00 bits per heavy atom. The Hall–Kier alpha value is -0.593. The minimum Gasteiger partial charge on any atom is -0.465 e. The molecule has 6 heteroatoms. The first-order chi connectivity index (χ1) is 7.06. The van der Waals surface area contributed by atoms with E-state index in [0.717, 1.165) is 0 Å². The zero-order chi connectivity index (χ0) is 13.0. The highest BCUT2D eigenvalue weighted by Gasteiger charge is 2.37. The number of carboxylic acid groups (broad SMARTS) is 1. The molecule has 0 aromatic heterocycles. The van der Waals surface area contributed by atoms with E-state index >= 15 is 0 Å². The number of nitrogens with one attached hydrogen (secondary N) is 1. The van der Waals surface area contributed by atoms with E-state index in [1.54, 1.807) is 0 Å². The van der Waals surface area contributed by atoms with E-state index in [1.165, 1.54) is 0 Å². The third kappa shape index (κ3) is 5.48. The van der Waals surface area contributed by atoms with E-state index in [-0.39, 0.29) is 17.6 Å². The molecule has 0 bridgehead atoms. The van der Waals surface area contributed by atoms with E-state index < -0.39 is 14.4 Å². The molecule has 0 aromatic rings. The summed E-state index contributed by atoms with van der Waals surface area (Å²) in [6, 6.07) is -0.287. The van der Waals surface area contributed by atoms with Crippen LogP contribution in [0.15, 0.2) is 0 Å². The largest absolute Gasteiger partial charge is 0.465 e. The molecule has 0 spiro atoms. The zero-order valence-corrected chi connectivity index (χ0v) is 11.8. The van der Waals surface area contributed by atoms with Gasteiger partial charge in [-0.2, -0.15) is 0 Å². The van der Waals surface area contributed by atoms with Gasteiger partial charge in [0.25, 0.3) is 0 Å². The van der Waals surface area contributed by atoms with E-state index in [0.29, 0.717) is 6.61 Å². The van der Waals surface area contributed by atoms with Gasteiger partial charge in [-0.1, -0.05) is 20.8 Å². The molecule has 1 amide bonds. The third-order valence-corrected chi connectivity index (χ3v) is 7.48.